The second-order valence-corrected chi connectivity index (χ2v) is 5.78. The molecule has 1 aromatic carbocycles. The third kappa shape index (κ3) is 4.64. The minimum Gasteiger partial charge on any atom is -0.479 e. The normalized spacial score (nSPS) is 15.8. The molecular weight excluding hydrogens is 327 g/mol. The molecule has 1 unspecified atom stereocenters. The highest BCUT2D eigenvalue weighted by molar-refractivity contribution is 6.35. The molecule has 1 aromatic rings. The predicted molar refractivity (Wildman–Crippen MR) is 84.8 cm³/mol. The second-order valence-electron chi connectivity index (χ2n) is 4.94. The van der Waals surface area contributed by atoms with Crippen LogP contribution >= 0.6 is 23.2 Å². The highest BCUT2D eigenvalue weighted by Gasteiger charge is 2.17. The first-order valence-electron chi connectivity index (χ1n) is 6.86. The fourth-order valence-corrected chi connectivity index (χ4v) is 2.40. The van der Waals surface area contributed by atoms with Gasteiger partial charge in [-0.3, -0.25) is 15.0 Å². The fraction of sp³-hybridized carbons (Fsp3) is 0.333. The SMILES string of the molecule is CC(Oc1ccc(Cl)cc1Cl)C(=O)NNC1=CC(=O)CCC1. The summed E-state index contributed by atoms with van der Waals surface area (Å²) in [5.41, 5.74) is 5.96. The third-order valence-corrected chi connectivity index (χ3v) is 3.65. The van der Waals surface area contributed by atoms with Crippen molar-refractivity contribution in [2.75, 3.05) is 0 Å². The molecule has 1 amide bonds. The summed E-state index contributed by atoms with van der Waals surface area (Å²) in [7, 11) is 0. The van der Waals surface area contributed by atoms with Crippen LogP contribution in [0, 0.1) is 0 Å². The zero-order valence-electron chi connectivity index (χ0n) is 12.0. The summed E-state index contributed by atoms with van der Waals surface area (Å²) in [5, 5.41) is 0.825. The second kappa shape index (κ2) is 7.51. The number of carbonyl (C=O) groups excluding carboxylic acids is 2. The Morgan fingerprint density at radius 2 is 2.09 bits per heavy atom. The number of ether oxygens (including phenoxy) is 1. The summed E-state index contributed by atoms with van der Waals surface area (Å²) in [4.78, 5) is 23.2. The molecule has 5 nitrogen and oxygen atoms in total. The van der Waals surface area contributed by atoms with Gasteiger partial charge in [0.25, 0.3) is 5.91 Å². The maximum atomic E-state index is 12.0. The lowest BCUT2D eigenvalue weighted by Gasteiger charge is -2.19. The Labute approximate surface area is 138 Å². The van der Waals surface area contributed by atoms with Gasteiger partial charge >= 0.3 is 0 Å². The van der Waals surface area contributed by atoms with Crippen molar-refractivity contribution in [2.45, 2.75) is 32.3 Å². The van der Waals surface area contributed by atoms with Gasteiger partial charge in [-0.05, 0) is 38.0 Å². The van der Waals surface area contributed by atoms with E-state index in [1.807, 2.05) is 0 Å². The van der Waals surface area contributed by atoms with Crippen molar-refractivity contribution in [1.29, 1.82) is 0 Å². The number of amides is 1. The molecule has 2 N–H and O–H groups in total. The number of carbonyl (C=O) groups is 2. The quantitative estimate of drug-likeness (QED) is 0.807. The highest BCUT2D eigenvalue weighted by atomic mass is 35.5. The Bertz CT molecular complexity index is 617. The van der Waals surface area contributed by atoms with Gasteiger partial charge in [0.1, 0.15) is 5.75 Å². The van der Waals surface area contributed by atoms with Crippen LogP contribution < -0.4 is 15.6 Å². The van der Waals surface area contributed by atoms with Crippen LogP contribution in [0.25, 0.3) is 0 Å². The predicted octanol–water partition coefficient (Wildman–Crippen LogP) is 3.02. The average Bonchev–Trinajstić information content (AvgIpc) is 2.47. The van der Waals surface area contributed by atoms with E-state index in [0.29, 0.717) is 27.9 Å². The summed E-state index contributed by atoms with van der Waals surface area (Å²) in [6, 6.07) is 4.77. The topological polar surface area (TPSA) is 67.4 Å². The molecule has 118 valence electrons. The molecule has 1 aliphatic rings. The molecule has 2 rings (SSSR count). The van der Waals surface area contributed by atoms with E-state index in [9.17, 15) is 9.59 Å². The van der Waals surface area contributed by atoms with Crippen LogP contribution in [-0.4, -0.2) is 17.8 Å². The van der Waals surface area contributed by atoms with Crippen molar-refractivity contribution in [3.05, 3.63) is 40.0 Å². The first kappa shape index (κ1) is 16.6. The zero-order valence-corrected chi connectivity index (χ0v) is 13.5. The van der Waals surface area contributed by atoms with Gasteiger partial charge in [0.05, 0.1) is 5.02 Å². The van der Waals surface area contributed by atoms with Crippen molar-refractivity contribution in [3.63, 3.8) is 0 Å². The summed E-state index contributed by atoms with van der Waals surface area (Å²) < 4.78 is 5.49. The maximum Gasteiger partial charge on any atom is 0.279 e. The summed E-state index contributed by atoms with van der Waals surface area (Å²) in [5.74, 6) is 0.0611. The summed E-state index contributed by atoms with van der Waals surface area (Å²) in [6.07, 6.45) is 2.80. The van der Waals surface area contributed by atoms with Crippen LogP contribution in [0.2, 0.25) is 10.0 Å². The number of hydrazine groups is 1. The Hall–Kier alpha value is -1.72. The summed E-state index contributed by atoms with van der Waals surface area (Å²) >= 11 is 11.8. The zero-order chi connectivity index (χ0) is 16.1. The Kier molecular flexibility index (Phi) is 5.69. The van der Waals surface area contributed by atoms with E-state index in [0.717, 1.165) is 12.8 Å². The fourth-order valence-electron chi connectivity index (χ4n) is 1.95. The molecule has 0 heterocycles. The Morgan fingerprint density at radius 1 is 1.32 bits per heavy atom. The van der Waals surface area contributed by atoms with E-state index >= 15 is 0 Å². The molecule has 0 saturated carbocycles. The van der Waals surface area contributed by atoms with Gasteiger partial charge in [0.15, 0.2) is 11.9 Å². The smallest absolute Gasteiger partial charge is 0.279 e. The number of hydrogen-bond acceptors (Lipinski definition) is 4. The highest BCUT2D eigenvalue weighted by Crippen LogP contribution is 2.28. The summed E-state index contributed by atoms with van der Waals surface area (Å²) in [6.45, 7) is 1.60. The van der Waals surface area contributed by atoms with E-state index in [2.05, 4.69) is 10.9 Å². The molecule has 0 fully saturated rings. The van der Waals surface area contributed by atoms with Gasteiger partial charge in [-0.2, -0.15) is 0 Å². The van der Waals surface area contributed by atoms with Crippen LogP contribution in [-0.2, 0) is 9.59 Å². The number of benzene rings is 1. The van der Waals surface area contributed by atoms with E-state index in [4.69, 9.17) is 27.9 Å². The van der Waals surface area contributed by atoms with E-state index in [1.165, 1.54) is 6.08 Å². The van der Waals surface area contributed by atoms with Gasteiger partial charge in [0, 0.05) is 23.2 Å². The number of nitrogens with one attached hydrogen (secondary N) is 2. The van der Waals surface area contributed by atoms with Crippen molar-refractivity contribution in [3.8, 4) is 5.75 Å². The van der Waals surface area contributed by atoms with E-state index in [1.54, 1.807) is 25.1 Å². The standard InChI is InChI=1S/C15H16Cl2N2O3/c1-9(22-14-6-5-10(16)7-13(14)17)15(21)19-18-11-3-2-4-12(20)8-11/h5-9,18H,2-4H2,1H3,(H,19,21). The number of allylic oxidation sites excluding steroid dienone is 2. The lowest BCUT2D eigenvalue weighted by molar-refractivity contribution is -0.128. The number of halogens is 2. The minimum absolute atomic E-state index is 0.0558. The van der Waals surface area contributed by atoms with Crippen molar-refractivity contribution >= 4 is 34.9 Å². The molecule has 0 spiro atoms. The van der Waals surface area contributed by atoms with E-state index in [-0.39, 0.29) is 11.7 Å². The van der Waals surface area contributed by atoms with Crippen molar-refractivity contribution < 1.29 is 14.3 Å². The molecule has 0 radical (unpaired) electrons. The number of rotatable bonds is 5. The van der Waals surface area contributed by atoms with Crippen molar-refractivity contribution in [1.82, 2.24) is 10.9 Å². The molecular formula is C15H16Cl2N2O3. The molecule has 1 atom stereocenters. The van der Waals surface area contributed by atoms with Gasteiger partial charge in [0.2, 0.25) is 0 Å². The molecule has 0 aromatic heterocycles. The lowest BCUT2D eigenvalue weighted by Crippen LogP contribution is -2.44. The van der Waals surface area contributed by atoms with Crippen LogP contribution in [0.4, 0.5) is 0 Å². The average molecular weight is 343 g/mol. The van der Waals surface area contributed by atoms with E-state index < -0.39 is 6.10 Å². The maximum absolute atomic E-state index is 12.0. The van der Waals surface area contributed by atoms with Crippen LogP contribution in [0.3, 0.4) is 0 Å². The molecule has 0 aliphatic heterocycles. The third-order valence-electron chi connectivity index (χ3n) is 3.12. The minimum atomic E-state index is -0.758. The van der Waals surface area contributed by atoms with Crippen LogP contribution in [0.5, 0.6) is 5.75 Å². The van der Waals surface area contributed by atoms with Crippen LogP contribution in [0.15, 0.2) is 30.0 Å². The number of hydrogen-bond donors (Lipinski definition) is 2. The molecule has 0 bridgehead atoms. The largest absolute Gasteiger partial charge is 0.479 e. The monoisotopic (exact) mass is 342 g/mol. The van der Waals surface area contributed by atoms with Crippen molar-refractivity contribution in [2.24, 2.45) is 0 Å². The molecule has 1 aliphatic carbocycles. The van der Waals surface area contributed by atoms with Gasteiger partial charge < -0.3 is 10.2 Å². The first-order chi connectivity index (χ1) is 10.5. The molecule has 22 heavy (non-hydrogen) atoms. The molecule has 0 saturated heterocycles. The molecule has 7 heteroatoms. The Balaban J connectivity index is 1.88. The Morgan fingerprint density at radius 3 is 2.77 bits per heavy atom. The van der Waals surface area contributed by atoms with Crippen LogP contribution in [0.1, 0.15) is 26.2 Å². The van der Waals surface area contributed by atoms with Gasteiger partial charge in [-0.25, -0.2) is 0 Å². The lowest BCUT2D eigenvalue weighted by atomic mass is 10.0. The van der Waals surface area contributed by atoms with Gasteiger partial charge in [-0.1, -0.05) is 23.2 Å². The first-order valence-corrected chi connectivity index (χ1v) is 7.62. The number of ketones is 1. The van der Waals surface area contributed by atoms with Gasteiger partial charge in [-0.15, -0.1) is 0 Å².